The third-order valence-electron chi connectivity index (χ3n) is 9.70. The Morgan fingerprint density at radius 1 is 0.788 bits per heavy atom. The number of nitrogens with zero attached hydrogens (tertiary/aromatic N) is 4. The highest BCUT2D eigenvalue weighted by molar-refractivity contribution is 7.80. The number of anilines is 1. The molecule has 0 amide bonds. The molecule has 0 radical (unpaired) electrons. The van der Waals surface area contributed by atoms with Crippen LogP contribution >= 0.6 is 12.6 Å². The first-order valence-electron chi connectivity index (χ1n) is 20.8. The van der Waals surface area contributed by atoms with Gasteiger partial charge in [0.05, 0.1) is 12.9 Å². The van der Waals surface area contributed by atoms with Crippen LogP contribution in [-0.2, 0) is 25.6 Å². The molecule has 2 heterocycles. The van der Waals surface area contributed by atoms with Gasteiger partial charge in [0.1, 0.15) is 6.10 Å². The number of nitrogens with one attached hydrogen (secondary N) is 1. The molecule has 11 nitrogen and oxygen atoms in total. The molecule has 0 saturated heterocycles. The molecule has 1 atom stereocenters. The van der Waals surface area contributed by atoms with Crippen LogP contribution in [0.1, 0.15) is 168 Å². The van der Waals surface area contributed by atoms with E-state index in [2.05, 4.69) is 46.3 Å². The Balaban J connectivity index is 1.69. The number of esters is 2. The molecule has 1 unspecified atom stereocenters. The van der Waals surface area contributed by atoms with Crippen molar-refractivity contribution in [3.63, 3.8) is 0 Å². The van der Waals surface area contributed by atoms with E-state index in [9.17, 15) is 14.4 Å². The molecule has 0 bridgehead atoms. The van der Waals surface area contributed by atoms with Gasteiger partial charge in [0.2, 0.25) is 5.95 Å². The van der Waals surface area contributed by atoms with E-state index < -0.39 is 0 Å². The Hall–Kier alpha value is -2.60. The van der Waals surface area contributed by atoms with Crippen LogP contribution in [0.15, 0.2) is 11.1 Å². The minimum Gasteiger partial charge on any atom is -0.466 e. The summed E-state index contributed by atoms with van der Waals surface area (Å²) in [6.45, 7) is 8.68. The summed E-state index contributed by atoms with van der Waals surface area (Å²) in [5.41, 5.74) is 6.31. The first kappa shape index (κ1) is 45.6. The summed E-state index contributed by atoms with van der Waals surface area (Å²) in [5.74, 6) is 0.826. The second-order valence-electron chi connectivity index (χ2n) is 14.4. The minimum atomic E-state index is -0.315. The molecule has 12 heteroatoms. The van der Waals surface area contributed by atoms with Gasteiger partial charge in [-0.25, -0.2) is 4.98 Å². The third-order valence-corrected chi connectivity index (χ3v) is 10.0. The number of unbranched alkanes of at least 4 members (excludes halogenated alkanes) is 14. The van der Waals surface area contributed by atoms with Crippen molar-refractivity contribution >= 4 is 41.7 Å². The smallest absolute Gasteiger partial charge is 0.306 e. The lowest BCUT2D eigenvalue weighted by Crippen LogP contribution is -2.28. The van der Waals surface area contributed by atoms with Crippen molar-refractivity contribution in [2.75, 3.05) is 37.7 Å². The average molecular weight is 749 g/mol. The summed E-state index contributed by atoms with van der Waals surface area (Å²) >= 11 is 4.33. The fraction of sp³-hybridized carbons (Fsp3) is 0.825. The predicted octanol–water partition coefficient (Wildman–Crippen LogP) is 8.79. The van der Waals surface area contributed by atoms with Gasteiger partial charge in [-0.3, -0.25) is 19.4 Å². The molecule has 0 aliphatic heterocycles. The van der Waals surface area contributed by atoms with E-state index in [1.54, 1.807) is 6.33 Å². The van der Waals surface area contributed by atoms with Crippen molar-refractivity contribution < 1.29 is 19.1 Å². The number of carbonyl (C=O) groups is 2. The second kappa shape index (κ2) is 29.8. The molecule has 0 spiro atoms. The largest absolute Gasteiger partial charge is 0.466 e. The lowest BCUT2D eigenvalue weighted by Gasteiger charge is -2.22. The molecule has 0 fully saturated rings. The Kier molecular flexibility index (Phi) is 26.1. The number of nitrogen functional groups attached to an aromatic ring is 1. The predicted molar refractivity (Wildman–Crippen MR) is 216 cm³/mol. The lowest BCUT2D eigenvalue weighted by molar-refractivity contribution is -0.150. The van der Waals surface area contributed by atoms with Gasteiger partial charge in [-0.1, -0.05) is 90.9 Å². The summed E-state index contributed by atoms with van der Waals surface area (Å²) in [4.78, 5) is 50.3. The van der Waals surface area contributed by atoms with Crippen LogP contribution in [0.3, 0.4) is 0 Å². The zero-order chi connectivity index (χ0) is 37.7. The Bertz CT molecular complexity index is 1270. The highest BCUT2D eigenvalue weighted by Crippen LogP contribution is 2.16. The maximum atomic E-state index is 12.5. The second-order valence-corrected chi connectivity index (χ2v) is 14.8. The van der Waals surface area contributed by atoms with Crippen molar-refractivity contribution in [3.05, 3.63) is 16.7 Å². The number of carbonyl (C=O) groups excluding carboxylic acids is 2. The van der Waals surface area contributed by atoms with Gasteiger partial charge in [0, 0.05) is 19.4 Å². The van der Waals surface area contributed by atoms with Crippen molar-refractivity contribution in [2.45, 2.75) is 181 Å². The van der Waals surface area contributed by atoms with Crippen molar-refractivity contribution in [3.8, 4) is 0 Å². The number of nitrogens with two attached hydrogens (primary N) is 1. The molecule has 0 aliphatic carbocycles. The lowest BCUT2D eigenvalue weighted by atomic mass is 10.1. The van der Waals surface area contributed by atoms with E-state index in [0.29, 0.717) is 37.2 Å². The van der Waals surface area contributed by atoms with Crippen molar-refractivity contribution in [1.29, 1.82) is 0 Å². The van der Waals surface area contributed by atoms with Crippen LogP contribution in [0.25, 0.3) is 11.2 Å². The fourth-order valence-corrected chi connectivity index (χ4v) is 6.80. The minimum absolute atomic E-state index is 0.0419. The maximum absolute atomic E-state index is 12.5. The van der Waals surface area contributed by atoms with Gasteiger partial charge in [-0.15, -0.1) is 0 Å². The van der Waals surface area contributed by atoms with Crippen LogP contribution in [0, 0.1) is 0 Å². The Labute approximate surface area is 319 Å². The highest BCUT2D eigenvalue weighted by atomic mass is 32.1. The molecule has 0 saturated carbocycles. The third kappa shape index (κ3) is 21.2. The first-order chi connectivity index (χ1) is 25.4. The summed E-state index contributed by atoms with van der Waals surface area (Å²) in [7, 11) is 0. The maximum Gasteiger partial charge on any atom is 0.306 e. The van der Waals surface area contributed by atoms with Crippen LogP contribution in [0.2, 0.25) is 0 Å². The van der Waals surface area contributed by atoms with E-state index in [0.717, 1.165) is 135 Å². The van der Waals surface area contributed by atoms with Crippen molar-refractivity contribution in [2.24, 2.45) is 0 Å². The highest BCUT2D eigenvalue weighted by Gasteiger charge is 2.14. The van der Waals surface area contributed by atoms with E-state index in [-0.39, 0.29) is 29.6 Å². The number of H-pyrrole nitrogens is 1. The number of aromatic nitrogens is 4. The molecule has 2 aromatic heterocycles. The summed E-state index contributed by atoms with van der Waals surface area (Å²) in [6.07, 6.45) is 26.4. The molecule has 0 aromatic carbocycles. The van der Waals surface area contributed by atoms with Gasteiger partial charge in [-0.2, -0.15) is 17.6 Å². The molecule has 2 rings (SSSR count). The van der Waals surface area contributed by atoms with Crippen LogP contribution in [-0.4, -0.2) is 74.5 Å². The van der Waals surface area contributed by atoms with Crippen molar-refractivity contribution in [1.82, 2.24) is 24.4 Å². The number of aromatic amines is 1. The number of hydrogen-bond donors (Lipinski definition) is 3. The average Bonchev–Trinajstić information content (AvgIpc) is 3.53. The van der Waals surface area contributed by atoms with E-state index in [1.807, 2.05) is 4.57 Å². The van der Waals surface area contributed by atoms with E-state index >= 15 is 0 Å². The summed E-state index contributed by atoms with van der Waals surface area (Å²) in [6, 6.07) is 0. The van der Waals surface area contributed by atoms with Crippen LogP contribution in [0.5, 0.6) is 0 Å². The number of aryl methyl sites for hydroxylation is 1. The number of imidazole rings is 1. The molecule has 2 aromatic rings. The monoisotopic (exact) mass is 749 g/mol. The van der Waals surface area contributed by atoms with E-state index in [4.69, 9.17) is 15.2 Å². The number of thiol groups is 1. The molecule has 0 aliphatic rings. The normalized spacial score (nSPS) is 12.2. The quantitative estimate of drug-likeness (QED) is 0.0363. The molecule has 298 valence electrons. The Morgan fingerprint density at radius 3 is 2.06 bits per heavy atom. The van der Waals surface area contributed by atoms with Crippen LogP contribution < -0.4 is 11.3 Å². The molecular formula is C40H72N6O5S. The number of rotatable bonds is 34. The molecule has 52 heavy (non-hydrogen) atoms. The standard InChI is InChI=1S/C40H72N6O5S/c1-3-5-7-14-20-31-50-35(47)25-16-10-8-12-18-27-45(29-22-30-46-33-42-37-38(46)43-40(41)44-39(37)49)28-19-13-9-11-17-26-36(48)51-34(24-21-32-52)23-15-6-4-2/h33-34,52H,3-32H2,1-2H3,(H3,41,43,44,49). The first-order valence-corrected chi connectivity index (χ1v) is 21.4. The Morgan fingerprint density at radius 2 is 1.37 bits per heavy atom. The van der Waals surface area contributed by atoms with Gasteiger partial charge >= 0.3 is 11.9 Å². The van der Waals surface area contributed by atoms with E-state index in [1.165, 1.54) is 32.1 Å². The summed E-state index contributed by atoms with van der Waals surface area (Å²) < 4.78 is 13.1. The number of ether oxygens (including phenoxy) is 2. The zero-order valence-corrected chi connectivity index (χ0v) is 33.6. The SMILES string of the molecule is CCCCCCCOC(=O)CCCCCCCN(CCCCCCCC(=O)OC(CCCS)CCCCC)CCCn1cnc2c(=O)[nH]c(N)nc21. The summed E-state index contributed by atoms with van der Waals surface area (Å²) in [5, 5.41) is 0. The molecule has 3 N–H and O–H groups in total. The topological polar surface area (TPSA) is 145 Å². The van der Waals surface area contributed by atoms with Gasteiger partial charge in [0.15, 0.2) is 11.2 Å². The van der Waals surface area contributed by atoms with Gasteiger partial charge in [-0.05, 0) is 89.6 Å². The van der Waals surface area contributed by atoms with Crippen LogP contribution in [0.4, 0.5) is 5.95 Å². The fourth-order valence-electron chi connectivity index (χ4n) is 6.62. The van der Waals surface area contributed by atoms with Gasteiger partial charge in [0.25, 0.3) is 5.56 Å². The molecular weight excluding hydrogens is 677 g/mol. The zero-order valence-electron chi connectivity index (χ0n) is 32.7. The number of hydrogen-bond acceptors (Lipinski definition) is 10. The van der Waals surface area contributed by atoms with Gasteiger partial charge < -0.3 is 24.7 Å². The number of fused-ring (bicyclic) bond motifs is 1.